The van der Waals surface area contributed by atoms with Crippen LogP contribution in [0.2, 0.25) is 0 Å². The summed E-state index contributed by atoms with van der Waals surface area (Å²) in [6.45, 7) is 6.00. The zero-order valence-electron chi connectivity index (χ0n) is 20.1. The third-order valence-corrected chi connectivity index (χ3v) is 8.94. The van der Waals surface area contributed by atoms with Gasteiger partial charge in [0.05, 0.1) is 7.11 Å². The van der Waals surface area contributed by atoms with Crippen molar-refractivity contribution < 1.29 is 14.6 Å². The molecule has 5 atom stereocenters. The lowest BCUT2D eigenvalue weighted by molar-refractivity contribution is 0.0488. The van der Waals surface area contributed by atoms with Crippen molar-refractivity contribution >= 4 is 0 Å². The summed E-state index contributed by atoms with van der Waals surface area (Å²) in [7, 11) is 1.67. The first-order valence-electron chi connectivity index (χ1n) is 12.5. The Balaban J connectivity index is 1.34. The molecule has 0 saturated heterocycles. The fourth-order valence-electron chi connectivity index (χ4n) is 7.34. The van der Waals surface area contributed by atoms with Crippen LogP contribution in [0.25, 0.3) is 0 Å². The van der Waals surface area contributed by atoms with E-state index in [0.29, 0.717) is 30.7 Å². The summed E-state index contributed by atoms with van der Waals surface area (Å²) in [5.74, 6) is 4.64. The van der Waals surface area contributed by atoms with Crippen LogP contribution in [-0.2, 0) is 13.0 Å². The Hall–Kier alpha value is -2.46. The van der Waals surface area contributed by atoms with Gasteiger partial charge in [0.1, 0.15) is 12.4 Å². The number of rotatable bonds is 5. The van der Waals surface area contributed by atoms with Gasteiger partial charge in [0.15, 0.2) is 11.5 Å². The van der Waals surface area contributed by atoms with Crippen LogP contribution in [0.15, 0.2) is 48.0 Å². The number of aromatic hydroxyl groups is 1. The lowest BCUT2D eigenvalue weighted by Crippen LogP contribution is -2.43. The molecule has 2 saturated carbocycles. The van der Waals surface area contributed by atoms with Crippen LogP contribution in [-0.4, -0.2) is 18.8 Å². The second-order valence-corrected chi connectivity index (χ2v) is 10.6. The molecule has 176 valence electrons. The minimum Gasteiger partial charge on any atom is -0.508 e. The normalized spacial score (nSPS) is 31.6. The second-order valence-electron chi connectivity index (χ2n) is 10.6. The van der Waals surface area contributed by atoms with Gasteiger partial charge in [0.2, 0.25) is 0 Å². The highest BCUT2D eigenvalue weighted by atomic mass is 16.5. The molecule has 0 aliphatic heterocycles. The summed E-state index contributed by atoms with van der Waals surface area (Å²) in [5, 5.41) is 9.99. The summed E-state index contributed by atoms with van der Waals surface area (Å²) < 4.78 is 11.6. The molecule has 0 spiro atoms. The van der Waals surface area contributed by atoms with E-state index in [0.717, 1.165) is 35.3 Å². The largest absolute Gasteiger partial charge is 0.508 e. The standard InChI is InChI=1S/C29H37NO3/c1-18-14-20-16-22(31)6-7-23(20)24-10-12-29(2)21(5-8-25(29)28(18)24)11-13-33-26-9-4-19(17-30)15-27(26)32-3/h4,6-7,9,11,15-16,18,24-25,28,31H,5,8,10,12-14,17,30H2,1-3H3/b21-11+/t18-,24?,25?,28?,29?/m1/s1. The van der Waals surface area contributed by atoms with Gasteiger partial charge in [0.25, 0.3) is 0 Å². The molecule has 2 fully saturated rings. The Morgan fingerprint density at radius 3 is 2.79 bits per heavy atom. The van der Waals surface area contributed by atoms with Crippen molar-refractivity contribution in [2.24, 2.45) is 28.9 Å². The SMILES string of the molecule is COc1cc(CN)ccc1OC/C=C1\CCC2C3C(CCC12C)c1ccc(O)cc1C[C@H]3C. The molecule has 2 aromatic carbocycles. The Bertz CT molecular complexity index is 1060. The van der Waals surface area contributed by atoms with Gasteiger partial charge < -0.3 is 20.3 Å². The van der Waals surface area contributed by atoms with E-state index in [1.807, 2.05) is 30.3 Å². The fourth-order valence-corrected chi connectivity index (χ4v) is 7.34. The highest BCUT2D eigenvalue weighted by Gasteiger charge is 2.54. The molecule has 4 nitrogen and oxygen atoms in total. The maximum Gasteiger partial charge on any atom is 0.161 e. The summed E-state index contributed by atoms with van der Waals surface area (Å²) in [6.07, 6.45) is 8.33. The van der Waals surface area contributed by atoms with Gasteiger partial charge in [-0.25, -0.2) is 0 Å². The fraction of sp³-hybridized carbons (Fsp3) is 0.517. The zero-order chi connectivity index (χ0) is 23.2. The molecule has 0 heterocycles. The number of methoxy groups -OCH3 is 1. The average Bonchev–Trinajstić information content (AvgIpc) is 3.15. The van der Waals surface area contributed by atoms with Gasteiger partial charge in [-0.2, -0.15) is 0 Å². The van der Waals surface area contributed by atoms with Crippen molar-refractivity contribution in [3.63, 3.8) is 0 Å². The number of allylic oxidation sites excluding steroid dienone is 1. The van der Waals surface area contributed by atoms with Crippen LogP contribution in [0.3, 0.4) is 0 Å². The number of nitrogens with two attached hydrogens (primary N) is 1. The lowest BCUT2D eigenvalue weighted by atomic mass is 9.52. The van der Waals surface area contributed by atoms with Gasteiger partial charge in [-0.1, -0.05) is 31.6 Å². The predicted octanol–water partition coefficient (Wildman–Crippen LogP) is 5.97. The Kier molecular flexibility index (Phi) is 5.90. The Morgan fingerprint density at radius 2 is 2.00 bits per heavy atom. The van der Waals surface area contributed by atoms with E-state index in [-0.39, 0.29) is 5.41 Å². The molecular weight excluding hydrogens is 410 g/mol. The summed E-state index contributed by atoms with van der Waals surface area (Å²) >= 11 is 0. The molecule has 3 N–H and O–H groups in total. The molecule has 0 bridgehead atoms. The molecule has 3 aliphatic rings. The molecule has 0 radical (unpaired) electrons. The van der Waals surface area contributed by atoms with Crippen molar-refractivity contribution in [1.82, 2.24) is 0 Å². The first kappa shape index (κ1) is 22.3. The summed E-state index contributed by atoms with van der Waals surface area (Å²) in [4.78, 5) is 0. The number of ether oxygens (including phenoxy) is 2. The molecule has 4 heteroatoms. The van der Waals surface area contributed by atoms with Crippen molar-refractivity contribution in [1.29, 1.82) is 0 Å². The molecule has 2 aromatic rings. The molecule has 5 rings (SSSR count). The minimum absolute atomic E-state index is 0.265. The van der Waals surface area contributed by atoms with Crippen molar-refractivity contribution in [2.75, 3.05) is 13.7 Å². The number of phenols is 1. The first-order chi connectivity index (χ1) is 15.9. The predicted molar refractivity (Wildman–Crippen MR) is 132 cm³/mol. The Morgan fingerprint density at radius 1 is 1.15 bits per heavy atom. The minimum atomic E-state index is 0.265. The highest BCUT2D eigenvalue weighted by Crippen LogP contribution is 2.63. The van der Waals surface area contributed by atoms with Crippen molar-refractivity contribution in [3.05, 3.63) is 64.7 Å². The van der Waals surface area contributed by atoms with Crippen molar-refractivity contribution in [3.8, 4) is 17.2 Å². The molecule has 0 aromatic heterocycles. The van der Waals surface area contributed by atoms with Crippen LogP contribution >= 0.6 is 0 Å². The van der Waals surface area contributed by atoms with Gasteiger partial charge >= 0.3 is 0 Å². The van der Waals surface area contributed by atoms with E-state index in [2.05, 4.69) is 26.0 Å². The summed E-state index contributed by atoms with van der Waals surface area (Å²) in [5.41, 5.74) is 11.5. The number of phenolic OH excluding ortho intramolecular Hbond substituents is 1. The smallest absolute Gasteiger partial charge is 0.161 e. The average molecular weight is 448 g/mol. The van der Waals surface area contributed by atoms with E-state index in [1.54, 1.807) is 12.7 Å². The third-order valence-electron chi connectivity index (χ3n) is 8.94. The number of hydrogen-bond donors (Lipinski definition) is 2. The quantitative estimate of drug-likeness (QED) is 0.555. The van der Waals surface area contributed by atoms with Gasteiger partial charge in [-0.05, 0) is 108 Å². The number of benzene rings is 2. The van der Waals surface area contributed by atoms with E-state index in [4.69, 9.17) is 15.2 Å². The Labute approximate surface area is 197 Å². The van der Waals surface area contributed by atoms with E-state index >= 15 is 0 Å². The van der Waals surface area contributed by atoms with E-state index in [9.17, 15) is 5.11 Å². The van der Waals surface area contributed by atoms with Crippen LogP contribution in [0, 0.1) is 23.2 Å². The maximum absolute atomic E-state index is 9.99. The van der Waals surface area contributed by atoms with Gasteiger partial charge in [-0.15, -0.1) is 0 Å². The van der Waals surface area contributed by atoms with Gasteiger partial charge in [0, 0.05) is 6.54 Å². The number of hydrogen-bond acceptors (Lipinski definition) is 4. The van der Waals surface area contributed by atoms with Crippen LogP contribution in [0.1, 0.15) is 62.1 Å². The maximum atomic E-state index is 9.99. The number of fused-ring (bicyclic) bond motifs is 5. The molecular formula is C29H37NO3. The van der Waals surface area contributed by atoms with Crippen LogP contribution in [0.5, 0.6) is 17.2 Å². The monoisotopic (exact) mass is 447 g/mol. The second kappa shape index (κ2) is 8.72. The van der Waals surface area contributed by atoms with Crippen LogP contribution in [0.4, 0.5) is 0 Å². The van der Waals surface area contributed by atoms with Crippen molar-refractivity contribution in [2.45, 2.75) is 58.4 Å². The first-order valence-corrected chi connectivity index (χ1v) is 12.5. The lowest BCUT2D eigenvalue weighted by Gasteiger charge is -2.52. The molecule has 0 amide bonds. The van der Waals surface area contributed by atoms with E-state index < -0.39 is 0 Å². The zero-order valence-corrected chi connectivity index (χ0v) is 20.1. The molecule has 3 aliphatic carbocycles. The molecule has 4 unspecified atom stereocenters. The van der Waals surface area contributed by atoms with Gasteiger partial charge in [-0.3, -0.25) is 0 Å². The third kappa shape index (κ3) is 3.82. The van der Waals surface area contributed by atoms with E-state index in [1.165, 1.54) is 36.8 Å². The summed E-state index contributed by atoms with van der Waals surface area (Å²) in [6, 6.07) is 12.0. The highest BCUT2D eigenvalue weighted by molar-refractivity contribution is 5.43. The molecule has 33 heavy (non-hydrogen) atoms. The topological polar surface area (TPSA) is 64.7 Å². The van der Waals surface area contributed by atoms with Crippen LogP contribution < -0.4 is 15.2 Å².